The van der Waals surface area contributed by atoms with Crippen molar-refractivity contribution in [3.8, 4) is 0 Å². The molecule has 0 bridgehead atoms. The lowest BCUT2D eigenvalue weighted by Crippen LogP contribution is -2.36. The highest BCUT2D eigenvalue weighted by molar-refractivity contribution is 9.11. The molecule has 16 heavy (non-hydrogen) atoms. The van der Waals surface area contributed by atoms with Crippen LogP contribution in [0.25, 0.3) is 0 Å². The minimum Gasteiger partial charge on any atom is -0.296 e. The van der Waals surface area contributed by atoms with Crippen molar-refractivity contribution in [1.82, 2.24) is 4.90 Å². The number of likely N-dealkylation sites (N-methyl/N-ethyl adjacent to an activating group) is 1. The summed E-state index contributed by atoms with van der Waals surface area (Å²) in [6, 6.07) is 4.22. The van der Waals surface area contributed by atoms with Crippen molar-refractivity contribution >= 4 is 33.0 Å². The van der Waals surface area contributed by atoms with Crippen LogP contribution in [-0.2, 0) is 0 Å². The molecule has 1 atom stereocenters. The lowest BCUT2D eigenvalue weighted by Gasteiger charge is -2.26. The Balaban J connectivity index is 2.58. The van der Waals surface area contributed by atoms with E-state index in [-0.39, 0.29) is 5.78 Å². The molecule has 0 aliphatic rings. The molecule has 1 aromatic heterocycles. The number of carbonyl (C=O) groups is 1. The van der Waals surface area contributed by atoms with Crippen molar-refractivity contribution in [3.63, 3.8) is 0 Å². The maximum Gasteiger partial charge on any atom is 0.186 e. The first-order valence-corrected chi connectivity index (χ1v) is 7.01. The van der Waals surface area contributed by atoms with E-state index in [2.05, 4.69) is 41.6 Å². The van der Waals surface area contributed by atoms with Crippen LogP contribution in [0.1, 0.15) is 30.4 Å². The third-order valence-corrected chi connectivity index (χ3v) is 4.57. The average Bonchev–Trinajstić information content (AvgIpc) is 2.63. The summed E-state index contributed by atoms with van der Waals surface area (Å²) in [5, 5.41) is 0. The van der Waals surface area contributed by atoms with E-state index in [9.17, 15) is 4.79 Å². The fraction of sp³-hybridized carbons (Fsp3) is 0.583. The van der Waals surface area contributed by atoms with Gasteiger partial charge in [0.25, 0.3) is 0 Å². The SMILES string of the molecule is CC(C)C(C)N(C)CC(=O)c1ccc(Br)s1. The fourth-order valence-electron chi connectivity index (χ4n) is 1.42. The summed E-state index contributed by atoms with van der Waals surface area (Å²) in [7, 11) is 2.01. The van der Waals surface area contributed by atoms with E-state index >= 15 is 0 Å². The smallest absolute Gasteiger partial charge is 0.186 e. The largest absolute Gasteiger partial charge is 0.296 e. The Labute approximate surface area is 110 Å². The molecule has 0 aliphatic carbocycles. The van der Waals surface area contributed by atoms with Gasteiger partial charge in [-0.05, 0) is 48.0 Å². The first kappa shape index (κ1) is 13.9. The van der Waals surface area contributed by atoms with Crippen LogP contribution in [0, 0.1) is 5.92 Å². The molecule has 4 heteroatoms. The normalized spacial score (nSPS) is 13.4. The highest BCUT2D eigenvalue weighted by Crippen LogP contribution is 2.22. The van der Waals surface area contributed by atoms with Gasteiger partial charge in [0, 0.05) is 6.04 Å². The Morgan fingerprint density at radius 2 is 2.06 bits per heavy atom. The first-order valence-electron chi connectivity index (χ1n) is 5.40. The van der Waals surface area contributed by atoms with Crippen LogP contribution < -0.4 is 0 Å². The molecular weight excluding hydrogens is 286 g/mol. The maximum atomic E-state index is 11.9. The van der Waals surface area contributed by atoms with Gasteiger partial charge in [0.15, 0.2) is 5.78 Å². The predicted octanol–water partition coefficient (Wildman–Crippen LogP) is 3.67. The standard InChI is InChI=1S/C12H18BrNOS/c1-8(2)9(3)14(4)7-10(15)11-5-6-12(13)16-11/h5-6,8-9H,7H2,1-4H3. The van der Waals surface area contributed by atoms with Crippen molar-refractivity contribution in [2.75, 3.05) is 13.6 Å². The molecule has 0 saturated carbocycles. The molecule has 90 valence electrons. The number of nitrogens with zero attached hydrogens (tertiary/aromatic N) is 1. The summed E-state index contributed by atoms with van der Waals surface area (Å²) < 4.78 is 1.01. The minimum absolute atomic E-state index is 0.200. The number of thiophene rings is 1. The summed E-state index contributed by atoms with van der Waals surface area (Å²) in [6.45, 7) is 7.00. The van der Waals surface area contributed by atoms with Gasteiger partial charge in [-0.25, -0.2) is 0 Å². The summed E-state index contributed by atoms with van der Waals surface area (Å²) in [6.07, 6.45) is 0. The van der Waals surface area contributed by atoms with Gasteiger partial charge in [-0.15, -0.1) is 11.3 Å². The number of hydrogen-bond donors (Lipinski definition) is 0. The molecule has 2 nitrogen and oxygen atoms in total. The second kappa shape index (κ2) is 5.94. The van der Waals surface area contributed by atoms with E-state index < -0.39 is 0 Å². The Morgan fingerprint density at radius 1 is 1.44 bits per heavy atom. The maximum absolute atomic E-state index is 11.9. The van der Waals surface area contributed by atoms with E-state index in [0.29, 0.717) is 18.5 Å². The summed E-state index contributed by atoms with van der Waals surface area (Å²) >= 11 is 4.87. The lowest BCUT2D eigenvalue weighted by atomic mass is 10.1. The fourth-order valence-corrected chi connectivity index (χ4v) is 2.74. The Bertz CT molecular complexity index is 362. The van der Waals surface area contributed by atoms with Crippen molar-refractivity contribution < 1.29 is 4.79 Å². The Kier molecular flexibility index (Phi) is 5.15. The summed E-state index contributed by atoms with van der Waals surface area (Å²) in [5.74, 6) is 0.763. The highest BCUT2D eigenvalue weighted by Gasteiger charge is 2.17. The molecule has 0 aliphatic heterocycles. The van der Waals surface area contributed by atoms with E-state index in [1.165, 1.54) is 11.3 Å². The second-order valence-corrected chi connectivity index (χ2v) is 6.89. The second-order valence-electron chi connectivity index (χ2n) is 4.43. The third kappa shape index (κ3) is 3.68. The Morgan fingerprint density at radius 3 is 2.50 bits per heavy atom. The van der Waals surface area contributed by atoms with Gasteiger partial charge >= 0.3 is 0 Å². The summed E-state index contributed by atoms with van der Waals surface area (Å²) in [4.78, 5) is 14.9. The van der Waals surface area contributed by atoms with Crippen LogP contribution in [0.5, 0.6) is 0 Å². The molecule has 1 heterocycles. The first-order chi connectivity index (χ1) is 7.41. The molecule has 0 spiro atoms. The number of hydrogen-bond acceptors (Lipinski definition) is 3. The third-order valence-electron chi connectivity index (χ3n) is 2.90. The van der Waals surface area contributed by atoms with Gasteiger partial charge in [0.2, 0.25) is 0 Å². The van der Waals surface area contributed by atoms with E-state index in [1.54, 1.807) is 0 Å². The van der Waals surface area contributed by atoms with Crippen LogP contribution in [0.4, 0.5) is 0 Å². The topological polar surface area (TPSA) is 20.3 Å². The number of rotatable bonds is 5. The zero-order valence-corrected chi connectivity index (χ0v) is 12.6. The summed E-state index contributed by atoms with van der Waals surface area (Å²) in [5.41, 5.74) is 0. The molecule has 0 amide bonds. The molecule has 0 aromatic carbocycles. The molecule has 0 fully saturated rings. The molecule has 0 radical (unpaired) electrons. The minimum atomic E-state index is 0.200. The van der Waals surface area contributed by atoms with Crippen LogP contribution in [0.15, 0.2) is 15.9 Å². The van der Waals surface area contributed by atoms with Gasteiger partial charge in [-0.2, -0.15) is 0 Å². The molecule has 1 rings (SSSR count). The molecular formula is C12H18BrNOS. The quantitative estimate of drug-likeness (QED) is 0.774. The van der Waals surface area contributed by atoms with Crippen molar-refractivity contribution in [1.29, 1.82) is 0 Å². The molecule has 1 unspecified atom stereocenters. The van der Waals surface area contributed by atoms with Crippen LogP contribution in [0.3, 0.4) is 0 Å². The number of carbonyl (C=O) groups excluding carboxylic acids is 1. The monoisotopic (exact) mass is 303 g/mol. The van der Waals surface area contributed by atoms with Crippen LogP contribution in [0.2, 0.25) is 0 Å². The molecule has 0 N–H and O–H groups in total. The molecule has 0 saturated heterocycles. The van der Waals surface area contributed by atoms with E-state index in [1.807, 2.05) is 19.2 Å². The van der Waals surface area contributed by atoms with Gasteiger partial charge in [-0.3, -0.25) is 9.69 Å². The number of ketones is 1. The number of Topliss-reactive ketones (excluding diaryl/α,β-unsaturated/α-hetero) is 1. The van der Waals surface area contributed by atoms with Crippen molar-refractivity contribution in [2.24, 2.45) is 5.92 Å². The molecule has 1 aromatic rings. The number of halogens is 1. The predicted molar refractivity (Wildman–Crippen MR) is 73.3 cm³/mol. The Hall–Kier alpha value is -0.190. The zero-order valence-electron chi connectivity index (χ0n) is 10.2. The highest BCUT2D eigenvalue weighted by atomic mass is 79.9. The van der Waals surface area contributed by atoms with Crippen molar-refractivity contribution in [2.45, 2.75) is 26.8 Å². The van der Waals surface area contributed by atoms with Gasteiger partial charge < -0.3 is 0 Å². The van der Waals surface area contributed by atoms with Gasteiger partial charge in [-0.1, -0.05) is 13.8 Å². The van der Waals surface area contributed by atoms with E-state index in [0.717, 1.165) is 8.66 Å². The van der Waals surface area contributed by atoms with Crippen LogP contribution in [-0.4, -0.2) is 30.3 Å². The van der Waals surface area contributed by atoms with Gasteiger partial charge in [0.05, 0.1) is 15.2 Å². The van der Waals surface area contributed by atoms with Crippen molar-refractivity contribution in [3.05, 3.63) is 20.8 Å². The van der Waals surface area contributed by atoms with Crippen LogP contribution >= 0.6 is 27.3 Å². The average molecular weight is 304 g/mol. The lowest BCUT2D eigenvalue weighted by molar-refractivity contribution is 0.0911. The van der Waals surface area contributed by atoms with E-state index in [4.69, 9.17) is 0 Å². The zero-order chi connectivity index (χ0) is 12.3. The van der Waals surface area contributed by atoms with Gasteiger partial charge in [0.1, 0.15) is 0 Å².